The summed E-state index contributed by atoms with van der Waals surface area (Å²) in [7, 11) is 1.86. The van der Waals surface area contributed by atoms with Crippen molar-refractivity contribution in [1.82, 2.24) is 9.47 Å². The Balaban J connectivity index is 1.46. The van der Waals surface area contributed by atoms with Crippen LogP contribution in [0.15, 0.2) is 59.4 Å². The summed E-state index contributed by atoms with van der Waals surface area (Å²) < 4.78 is 1.77. The Morgan fingerprint density at radius 3 is 2.81 bits per heavy atom. The molecule has 1 unspecified atom stereocenters. The summed E-state index contributed by atoms with van der Waals surface area (Å²) in [4.78, 5) is 15.1. The van der Waals surface area contributed by atoms with Crippen molar-refractivity contribution in [1.29, 1.82) is 0 Å². The van der Waals surface area contributed by atoms with E-state index in [4.69, 9.17) is 0 Å². The van der Waals surface area contributed by atoms with Gasteiger partial charge in [-0.15, -0.1) is 0 Å². The van der Waals surface area contributed by atoms with Gasteiger partial charge in [-0.1, -0.05) is 37.3 Å². The third-order valence-electron chi connectivity index (χ3n) is 5.58. The number of fused-ring (bicyclic) bond motifs is 1. The number of pyridine rings is 1. The Labute approximate surface area is 160 Å². The molecule has 4 heteroatoms. The highest BCUT2D eigenvalue weighted by Gasteiger charge is 2.23. The Morgan fingerprint density at radius 2 is 1.96 bits per heavy atom. The number of nitrogens with one attached hydrogen (secondary N) is 1. The van der Waals surface area contributed by atoms with Gasteiger partial charge in [0, 0.05) is 44.0 Å². The molecule has 1 atom stereocenters. The quantitative estimate of drug-likeness (QED) is 0.751. The molecule has 140 valence electrons. The maximum Gasteiger partial charge on any atom is 0.255 e. The lowest BCUT2D eigenvalue weighted by Crippen LogP contribution is -2.30. The number of hydrogen-bond donors (Lipinski definition) is 1. The van der Waals surface area contributed by atoms with E-state index in [1.807, 2.05) is 25.2 Å². The highest BCUT2D eigenvalue weighted by Crippen LogP contribution is 2.20. The Hall–Kier alpha value is -2.59. The molecule has 4 nitrogen and oxygen atoms in total. The molecule has 0 amide bonds. The minimum atomic E-state index is 0.112. The van der Waals surface area contributed by atoms with Crippen molar-refractivity contribution in [3.05, 3.63) is 76.1 Å². The first-order valence-corrected chi connectivity index (χ1v) is 9.79. The molecule has 0 saturated carbocycles. The molecule has 2 aromatic carbocycles. The fraction of sp³-hybridized carbons (Fsp3) is 0.348. The SMILES string of the molecule is CCc1cccc(NC2CCN(Cc3cc4ccccc4n(C)c3=O)C2)c1. The highest BCUT2D eigenvalue weighted by atomic mass is 16.1. The Morgan fingerprint density at radius 1 is 1.11 bits per heavy atom. The van der Waals surface area contributed by atoms with Crippen LogP contribution in [0.5, 0.6) is 0 Å². The summed E-state index contributed by atoms with van der Waals surface area (Å²) in [5.41, 5.74) is 4.53. The Bertz CT molecular complexity index is 1010. The number of rotatable bonds is 5. The number of aryl methyl sites for hydroxylation is 2. The predicted molar refractivity (Wildman–Crippen MR) is 112 cm³/mol. The number of nitrogens with zero attached hydrogens (tertiary/aromatic N) is 2. The first-order valence-electron chi connectivity index (χ1n) is 9.79. The first-order chi connectivity index (χ1) is 13.1. The average molecular weight is 361 g/mol. The normalized spacial score (nSPS) is 17.5. The zero-order valence-electron chi connectivity index (χ0n) is 16.1. The van der Waals surface area contributed by atoms with Gasteiger partial charge in [-0.25, -0.2) is 0 Å². The number of hydrogen-bond acceptors (Lipinski definition) is 3. The number of anilines is 1. The van der Waals surface area contributed by atoms with Gasteiger partial charge < -0.3 is 9.88 Å². The van der Waals surface area contributed by atoms with E-state index in [0.29, 0.717) is 12.6 Å². The van der Waals surface area contributed by atoms with Crippen LogP contribution in [-0.4, -0.2) is 28.6 Å². The third kappa shape index (κ3) is 3.76. The van der Waals surface area contributed by atoms with Crippen LogP contribution in [0.4, 0.5) is 5.69 Å². The molecular weight excluding hydrogens is 334 g/mol. The maximum atomic E-state index is 12.7. The minimum Gasteiger partial charge on any atom is -0.381 e. The lowest BCUT2D eigenvalue weighted by molar-refractivity contribution is 0.327. The molecule has 3 aromatic rings. The second-order valence-corrected chi connectivity index (χ2v) is 7.51. The van der Waals surface area contributed by atoms with Gasteiger partial charge in [0.25, 0.3) is 5.56 Å². The molecule has 1 aliphatic rings. The fourth-order valence-corrected chi connectivity index (χ4v) is 4.05. The molecular formula is C23H27N3O. The van der Waals surface area contributed by atoms with Crippen LogP contribution in [-0.2, 0) is 20.0 Å². The average Bonchev–Trinajstić information content (AvgIpc) is 3.13. The van der Waals surface area contributed by atoms with Gasteiger partial charge in [0.2, 0.25) is 0 Å². The molecule has 4 rings (SSSR count). The summed E-state index contributed by atoms with van der Waals surface area (Å²) in [6.07, 6.45) is 2.15. The van der Waals surface area contributed by atoms with Gasteiger partial charge in [0.1, 0.15) is 0 Å². The van der Waals surface area contributed by atoms with E-state index in [9.17, 15) is 4.79 Å². The van der Waals surface area contributed by atoms with Crippen molar-refractivity contribution in [2.75, 3.05) is 18.4 Å². The van der Waals surface area contributed by atoms with Gasteiger partial charge in [-0.3, -0.25) is 9.69 Å². The second-order valence-electron chi connectivity index (χ2n) is 7.51. The zero-order valence-corrected chi connectivity index (χ0v) is 16.1. The van der Waals surface area contributed by atoms with Crippen LogP contribution in [0, 0.1) is 0 Å². The minimum absolute atomic E-state index is 0.112. The van der Waals surface area contributed by atoms with E-state index >= 15 is 0 Å². The molecule has 0 spiro atoms. The van der Waals surface area contributed by atoms with E-state index in [1.165, 1.54) is 11.3 Å². The molecule has 0 radical (unpaired) electrons. The maximum absolute atomic E-state index is 12.7. The van der Waals surface area contributed by atoms with Crippen molar-refractivity contribution in [2.24, 2.45) is 7.05 Å². The van der Waals surface area contributed by atoms with Crippen LogP contribution in [0.3, 0.4) is 0 Å². The van der Waals surface area contributed by atoms with Crippen molar-refractivity contribution in [3.8, 4) is 0 Å². The monoisotopic (exact) mass is 361 g/mol. The van der Waals surface area contributed by atoms with E-state index in [-0.39, 0.29) is 5.56 Å². The standard InChI is InChI=1S/C23H27N3O/c1-3-17-7-6-9-20(13-17)24-21-11-12-26(16-21)15-19-14-18-8-4-5-10-22(18)25(2)23(19)27/h4-10,13-14,21,24H,3,11-12,15-16H2,1-2H3. The smallest absolute Gasteiger partial charge is 0.255 e. The molecule has 0 bridgehead atoms. The topological polar surface area (TPSA) is 37.3 Å². The number of para-hydroxylation sites is 1. The van der Waals surface area contributed by atoms with Gasteiger partial charge in [0.05, 0.1) is 5.52 Å². The van der Waals surface area contributed by atoms with Gasteiger partial charge in [-0.05, 0) is 48.1 Å². The van der Waals surface area contributed by atoms with Crippen molar-refractivity contribution in [3.63, 3.8) is 0 Å². The second kappa shape index (κ2) is 7.57. The molecule has 0 aliphatic carbocycles. The molecule has 1 N–H and O–H groups in total. The number of aromatic nitrogens is 1. The number of likely N-dealkylation sites (tertiary alicyclic amines) is 1. The molecule has 1 saturated heterocycles. The van der Waals surface area contributed by atoms with Gasteiger partial charge in [-0.2, -0.15) is 0 Å². The van der Waals surface area contributed by atoms with Gasteiger partial charge >= 0.3 is 0 Å². The fourth-order valence-electron chi connectivity index (χ4n) is 4.05. The van der Waals surface area contributed by atoms with Crippen LogP contribution < -0.4 is 10.9 Å². The van der Waals surface area contributed by atoms with Crippen molar-refractivity contribution in [2.45, 2.75) is 32.4 Å². The van der Waals surface area contributed by atoms with Crippen molar-refractivity contribution < 1.29 is 0 Å². The van der Waals surface area contributed by atoms with E-state index in [2.05, 4.69) is 53.5 Å². The highest BCUT2D eigenvalue weighted by molar-refractivity contribution is 5.79. The largest absolute Gasteiger partial charge is 0.381 e. The summed E-state index contributed by atoms with van der Waals surface area (Å²) in [6, 6.07) is 19.2. The molecule has 2 heterocycles. The van der Waals surface area contributed by atoms with E-state index in [1.54, 1.807) is 4.57 Å². The lowest BCUT2D eigenvalue weighted by Gasteiger charge is -2.18. The zero-order chi connectivity index (χ0) is 18.8. The molecule has 1 fully saturated rings. The first kappa shape index (κ1) is 17.8. The van der Waals surface area contributed by atoms with E-state index < -0.39 is 0 Å². The van der Waals surface area contributed by atoms with Crippen LogP contribution in [0.25, 0.3) is 10.9 Å². The molecule has 1 aliphatic heterocycles. The van der Waals surface area contributed by atoms with Crippen LogP contribution >= 0.6 is 0 Å². The summed E-state index contributed by atoms with van der Waals surface area (Å²) >= 11 is 0. The van der Waals surface area contributed by atoms with Crippen molar-refractivity contribution >= 4 is 16.6 Å². The molecule has 27 heavy (non-hydrogen) atoms. The van der Waals surface area contributed by atoms with E-state index in [0.717, 1.165) is 42.4 Å². The predicted octanol–water partition coefficient (Wildman–Crippen LogP) is 3.79. The lowest BCUT2D eigenvalue weighted by atomic mass is 10.1. The number of benzene rings is 2. The summed E-state index contributed by atoms with van der Waals surface area (Å²) in [5, 5.41) is 4.79. The van der Waals surface area contributed by atoms with Crippen LogP contribution in [0.1, 0.15) is 24.5 Å². The van der Waals surface area contributed by atoms with Gasteiger partial charge in [0.15, 0.2) is 0 Å². The molecule has 1 aromatic heterocycles. The summed E-state index contributed by atoms with van der Waals surface area (Å²) in [5.74, 6) is 0. The Kier molecular flexibility index (Phi) is 4.99. The van der Waals surface area contributed by atoms with Crippen LogP contribution in [0.2, 0.25) is 0 Å². The summed E-state index contributed by atoms with van der Waals surface area (Å²) in [6.45, 7) is 4.87. The third-order valence-corrected chi connectivity index (χ3v) is 5.58.